The van der Waals surface area contributed by atoms with Crippen LogP contribution < -0.4 is 14.7 Å². The predicted molar refractivity (Wildman–Crippen MR) is 113 cm³/mol. The number of methoxy groups -OCH3 is 2. The van der Waals surface area contributed by atoms with Gasteiger partial charge in [-0.25, -0.2) is 0 Å². The predicted octanol–water partition coefficient (Wildman–Crippen LogP) is 5.65. The molecule has 2 aromatic rings. The summed E-state index contributed by atoms with van der Waals surface area (Å²) < 4.78 is 11.4. The van der Waals surface area contributed by atoms with Crippen LogP contribution in [0.4, 0.5) is 0 Å². The molecule has 0 bridgehead atoms. The van der Waals surface area contributed by atoms with Gasteiger partial charge in [-0.1, -0.05) is 53.7 Å². The number of nitrogens with zero attached hydrogens (tertiary/aromatic N) is 1. The van der Waals surface area contributed by atoms with Crippen LogP contribution in [0, 0.1) is 0 Å². The van der Waals surface area contributed by atoms with Gasteiger partial charge in [-0.15, -0.1) is 0 Å². The van der Waals surface area contributed by atoms with Crippen LogP contribution in [0.2, 0.25) is 16.6 Å². The first-order valence-electron chi connectivity index (χ1n) is 9.47. The topological polar surface area (TPSA) is 31.4 Å². The lowest BCUT2D eigenvalue weighted by atomic mass is 10.1. The quantitative estimate of drug-likeness (QED) is 0.589. The van der Waals surface area contributed by atoms with Crippen molar-refractivity contribution in [2.45, 2.75) is 58.2 Å². The third kappa shape index (κ3) is 3.39. The third-order valence-corrected chi connectivity index (χ3v) is 12.8. The van der Waals surface area contributed by atoms with Gasteiger partial charge >= 0.3 is 0 Å². The number of hydrogen-bond donors (Lipinski definition) is 0. The maximum Gasteiger partial charge on any atom is 0.129 e. The molecule has 0 spiro atoms. The number of rotatable bonds is 7. The van der Waals surface area contributed by atoms with Gasteiger partial charge in [0.1, 0.15) is 19.6 Å². The average molecular weight is 372 g/mol. The van der Waals surface area contributed by atoms with Crippen LogP contribution in [0.5, 0.6) is 11.5 Å². The molecule has 0 saturated carbocycles. The van der Waals surface area contributed by atoms with Crippen LogP contribution in [-0.2, 0) is 0 Å². The Morgan fingerprint density at radius 3 is 1.96 bits per heavy atom. The van der Waals surface area contributed by atoms with E-state index in [1.807, 2.05) is 24.4 Å². The molecule has 1 aromatic carbocycles. The molecule has 1 heterocycles. The zero-order valence-corrected chi connectivity index (χ0v) is 18.5. The van der Waals surface area contributed by atoms with Gasteiger partial charge in [-0.05, 0) is 34.3 Å². The minimum absolute atomic E-state index is 0.596. The van der Waals surface area contributed by atoms with Crippen molar-refractivity contribution in [2.24, 2.45) is 0 Å². The van der Waals surface area contributed by atoms with Gasteiger partial charge < -0.3 is 9.47 Å². The van der Waals surface area contributed by atoms with E-state index in [9.17, 15) is 0 Å². The third-order valence-electron chi connectivity index (χ3n) is 5.81. The lowest BCUT2D eigenvalue weighted by Crippen LogP contribution is -2.56. The van der Waals surface area contributed by atoms with Crippen LogP contribution >= 0.6 is 0 Å². The van der Waals surface area contributed by atoms with Crippen molar-refractivity contribution in [3.8, 4) is 22.6 Å². The Balaban J connectivity index is 2.78. The molecule has 0 aliphatic rings. The molecule has 2 rings (SSSR count). The molecule has 4 heteroatoms. The molecule has 0 saturated heterocycles. The van der Waals surface area contributed by atoms with Gasteiger partial charge in [0.2, 0.25) is 0 Å². The second-order valence-electron chi connectivity index (χ2n) is 7.90. The highest BCUT2D eigenvalue weighted by Gasteiger charge is 2.46. The van der Waals surface area contributed by atoms with E-state index in [0.717, 1.165) is 22.6 Å². The van der Waals surface area contributed by atoms with E-state index in [4.69, 9.17) is 9.47 Å². The molecular formula is C22H33NO2Si. The van der Waals surface area contributed by atoms with Crippen molar-refractivity contribution in [3.63, 3.8) is 0 Å². The highest BCUT2D eigenvalue weighted by molar-refractivity contribution is 6.95. The van der Waals surface area contributed by atoms with E-state index in [-0.39, 0.29) is 0 Å². The molecule has 0 fully saturated rings. The van der Waals surface area contributed by atoms with Crippen molar-refractivity contribution in [1.29, 1.82) is 0 Å². The monoisotopic (exact) mass is 371 g/mol. The lowest BCUT2D eigenvalue weighted by molar-refractivity contribution is 0.414. The van der Waals surface area contributed by atoms with E-state index in [1.165, 1.54) is 5.19 Å². The van der Waals surface area contributed by atoms with Crippen LogP contribution in [0.25, 0.3) is 11.1 Å². The fourth-order valence-electron chi connectivity index (χ4n) is 4.91. The summed E-state index contributed by atoms with van der Waals surface area (Å²) in [4.78, 5) is 4.65. The summed E-state index contributed by atoms with van der Waals surface area (Å²) in [7, 11) is 1.60. The highest BCUT2D eigenvalue weighted by Crippen LogP contribution is 2.44. The van der Waals surface area contributed by atoms with Crippen LogP contribution in [0.3, 0.4) is 0 Å². The minimum atomic E-state index is -1.87. The summed E-state index contributed by atoms with van der Waals surface area (Å²) in [6.45, 7) is 14.2. The molecule has 0 amide bonds. The molecular weight excluding hydrogens is 338 g/mol. The summed E-state index contributed by atoms with van der Waals surface area (Å²) in [6, 6.07) is 8.11. The average Bonchev–Trinajstić information content (AvgIpc) is 2.61. The number of ether oxygens (including phenoxy) is 2. The smallest absolute Gasteiger partial charge is 0.129 e. The fourth-order valence-corrected chi connectivity index (χ4v) is 11.7. The van der Waals surface area contributed by atoms with Gasteiger partial charge in [0.25, 0.3) is 0 Å². The SMILES string of the molecule is COc1cccc(-c2cncc([Si](C(C)C)(C(C)C)C(C)C)c2OC)c1. The first-order chi connectivity index (χ1) is 12.3. The second kappa shape index (κ2) is 8.25. The van der Waals surface area contributed by atoms with Crippen molar-refractivity contribution in [3.05, 3.63) is 36.7 Å². The van der Waals surface area contributed by atoms with Gasteiger partial charge in [0, 0.05) is 23.1 Å². The Morgan fingerprint density at radius 2 is 1.46 bits per heavy atom. The van der Waals surface area contributed by atoms with E-state index in [1.54, 1.807) is 14.2 Å². The minimum Gasteiger partial charge on any atom is -0.497 e. The molecule has 0 aliphatic carbocycles. The Hall–Kier alpha value is -1.81. The first-order valence-corrected chi connectivity index (χ1v) is 11.7. The maximum absolute atomic E-state index is 6.01. The molecule has 1 aromatic heterocycles. The van der Waals surface area contributed by atoms with E-state index < -0.39 is 8.07 Å². The number of aromatic nitrogens is 1. The highest BCUT2D eigenvalue weighted by atomic mass is 28.3. The molecule has 0 aliphatic heterocycles. The maximum atomic E-state index is 6.01. The lowest BCUT2D eigenvalue weighted by Gasteiger charge is -2.44. The summed E-state index contributed by atoms with van der Waals surface area (Å²) in [6.07, 6.45) is 3.98. The Kier molecular flexibility index (Phi) is 6.51. The van der Waals surface area contributed by atoms with E-state index in [0.29, 0.717) is 16.6 Å². The Bertz CT molecular complexity index is 719. The van der Waals surface area contributed by atoms with Gasteiger partial charge in [0.15, 0.2) is 0 Å². The largest absolute Gasteiger partial charge is 0.497 e. The van der Waals surface area contributed by atoms with Crippen molar-refractivity contribution in [2.75, 3.05) is 14.2 Å². The molecule has 26 heavy (non-hydrogen) atoms. The first kappa shape index (κ1) is 20.5. The summed E-state index contributed by atoms with van der Waals surface area (Å²) in [5.41, 5.74) is 3.91. The van der Waals surface area contributed by atoms with Gasteiger partial charge in [0.05, 0.1) is 14.2 Å². The van der Waals surface area contributed by atoms with Crippen molar-refractivity contribution in [1.82, 2.24) is 4.98 Å². The molecule has 0 N–H and O–H groups in total. The summed E-state index contributed by atoms with van der Waals surface area (Å²) in [5.74, 6) is 1.83. The number of benzene rings is 1. The molecule has 3 nitrogen and oxygen atoms in total. The van der Waals surface area contributed by atoms with Crippen LogP contribution in [0.1, 0.15) is 41.5 Å². The fraction of sp³-hybridized carbons (Fsp3) is 0.500. The van der Waals surface area contributed by atoms with E-state index >= 15 is 0 Å². The zero-order chi connectivity index (χ0) is 19.5. The second-order valence-corrected chi connectivity index (χ2v) is 13.8. The molecule has 0 atom stereocenters. The summed E-state index contributed by atoms with van der Waals surface area (Å²) >= 11 is 0. The van der Waals surface area contributed by atoms with Crippen molar-refractivity contribution >= 4 is 13.3 Å². The van der Waals surface area contributed by atoms with Gasteiger partial charge in [-0.2, -0.15) is 0 Å². The summed E-state index contributed by atoms with van der Waals surface area (Å²) in [5, 5.41) is 1.33. The Labute approximate surface area is 159 Å². The van der Waals surface area contributed by atoms with E-state index in [2.05, 4.69) is 58.8 Å². The standard InChI is InChI=1S/C22H33NO2Si/c1-15(2)26(16(3)4,17(5)6)21-14-23-13-20(22(21)25-8)18-10-9-11-19(12-18)24-7/h9-17H,1-8H3. The van der Waals surface area contributed by atoms with Crippen molar-refractivity contribution < 1.29 is 9.47 Å². The molecule has 0 unspecified atom stereocenters. The molecule has 0 radical (unpaired) electrons. The number of hydrogen-bond acceptors (Lipinski definition) is 3. The van der Waals surface area contributed by atoms with Crippen LogP contribution in [-0.4, -0.2) is 27.3 Å². The normalized spacial score (nSPS) is 12.1. The zero-order valence-electron chi connectivity index (χ0n) is 17.5. The Morgan fingerprint density at radius 1 is 0.846 bits per heavy atom. The number of pyridine rings is 1. The van der Waals surface area contributed by atoms with Gasteiger partial charge in [-0.3, -0.25) is 4.98 Å². The molecule has 142 valence electrons. The van der Waals surface area contributed by atoms with Crippen LogP contribution in [0.15, 0.2) is 36.7 Å².